The molecule has 0 bridgehead atoms. The molecule has 10 rings (SSSR count). The summed E-state index contributed by atoms with van der Waals surface area (Å²) in [7, 11) is 0. The molecular weight excluding hydrogens is 855 g/mol. The van der Waals surface area contributed by atoms with E-state index in [9.17, 15) is 26.3 Å². The third-order valence-corrected chi connectivity index (χ3v) is 11.9. The lowest BCUT2D eigenvalue weighted by atomic mass is 9.91. The van der Waals surface area contributed by atoms with Gasteiger partial charge in [-0.05, 0) is 147 Å². The van der Waals surface area contributed by atoms with E-state index in [0.29, 0.717) is 60.4 Å². The molecule has 0 fully saturated rings. The Balaban J connectivity index is 0.000000166. The van der Waals surface area contributed by atoms with Crippen LogP contribution >= 0.6 is 0 Å². The topological polar surface area (TPSA) is 97.1 Å². The molecule has 0 saturated heterocycles. The molecule has 336 valence electrons. The Morgan fingerprint density at radius 3 is 1.26 bits per heavy atom. The van der Waals surface area contributed by atoms with Crippen molar-refractivity contribution in [1.29, 1.82) is 0 Å². The minimum absolute atomic E-state index is 0.335. The van der Waals surface area contributed by atoms with Gasteiger partial charge in [0.25, 0.3) is 0 Å². The van der Waals surface area contributed by atoms with Crippen molar-refractivity contribution >= 4 is 24.3 Å². The number of hydrogen-bond donors (Lipinski definition) is 0. The number of fused-ring (bicyclic) bond motifs is 2. The van der Waals surface area contributed by atoms with Gasteiger partial charge in [0.1, 0.15) is 11.6 Å². The Labute approximate surface area is 376 Å². The van der Waals surface area contributed by atoms with E-state index in [1.54, 1.807) is 22.0 Å². The van der Waals surface area contributed by atoms with Crippen LogP contribution in [0.5, 0.6) is 0 Å². The maximum atomic E-state index is 13.8. The van der Waals surface area contributed by atoms with Crippen LogP contribution in [0, 0.1) is 62.6 Å². The Kier molecular flexibility index (Phi) is 12.1. The average Bonchev–Trinajstić information content (AvgIpc) is 4.12. The van der Waals surface area contributed by atoms with Gasteiger partial charge in [0.2, 0.25) is 0 Å². The number of nitrogens with zero attached hydrogens (tertiary/aromatic N) is 10. The second-order valence-corrected chi connectivity index (χ2v) is 16.7. The van der Waals surface area contributed by atoms with Crippen molar-refractivity contribution in [1.82, 2.24) is 48.6 Å². The molecule has 16 heteroatoms. The third-order valence-electron chi connectivity index (χ3n) is 11.9. The van der Waals surface area contributed by atoms with E-state index < -0.39 is 34.9 Å². The van der Waals surface area contributed by atoms with Crippen molar-refractivity contribution in [3.05, 3.63) is 189 Å². The van der Waals surface area contributed by atoms with Crippen LogP contribution in [0.15, 0.2) is 85.7 Å². The standard InChI is InChI=1S/2C25H22F3N5/c2*1-15-10-17(5-7-22(15)32-13-16(2)29-14-32)6-8-23-30-25-19(4-3-9-33(25)31-23)18-11-20(26)24(28)21(27)12-18/h2*5-8,10-14,19H,3-4,9H2,1-2H3/b2*8-6+/t2*19-/m10/s1. The molecular formula is C50H44F6N10. The van der Waals surface area contributed by atoms with Crippen LogP contribution < -0.4 is 0 Å². The molecule has 0 unspecified atom stereocenters. The molecule has 0 amide bonds. The van der Waals surface area contributed by atoms with Crippen molar-refractivity contribution in [3.63, 3.8) is 0 Å². The Hall–Kier alpha value is -7.36. The van der Waals surface area contributed by atoms with E-state index >= 15 is 0 Å². The van der Waals surface area contributed by atoms with Crippen LogP contribution in [-0.4, -0.2) is 48.6 Å². The van der Waals surface area contributed by atoms with E-state index in [1.165, 1.54) is 0 Å². The van der Waals surface area contributed by atoms with Crippen LogP contribution in [-0.2, 0) is 13.1 Å². The number of rotatable bonds is 8. The molecule has 0 saturated carbocycles. The zero-order chi connectivity index (χ0) is 46.2. The predicted molar refractivity (Wildman–Crippen MR) is 239 cm³/mol. The maximum absolute atomic E-state index is 13.8. The highest BCUT2D eigenvalue weighted by Crippen LogP contribution is 2.35. The summed E-state index contributed by atoms with van der Waals surface area (Å²) in [4.78, 5) is 17.8. The normalized spacial score (nSPS) is 15.8. The number of hydrogen-bond acceptors (Lipinski definition) is 6. The summed E-state index contributed by atoms with van der Waals surface area (Å²) >= 11 is 0. The Morgan fingerprint density at radius 2 is 0.909 bits per heavy atom. The smallest absolute Gasteiger partial charge is 0.194 e. The summed E-state index contributed by atoms with van der Waals surface area (Å²) in [5, 5.41) is 9.08. The first-order valence-corrected chi connectivity index (χ1v) is 21.6. The van der Waals surface area contributed by atoms with Gasteiger partial charge in [0, 0.05) is 48.7 Å². The van der Waals surface area contributed by atoms with Gasteiger partial charge in [-0.25, -0.2) is 55.6 Å². The van der Waals surface area contributed by atoms with Gasteiger partial charge in [-0.1, -0.05) is 24.3 Å². The molecule has 0 spiro atoms. The molecule has 0 aliphatic carbocycles. The zero-order valence-electron chi connectivity index (χ0n) is 36.5. The van der Waals surface area contributed by atoms with Crippen LogP contribution in [0.3, 0.4) is 0 Å². The fourth-order valence-electron chi connectivity index (χ4n) is 8.65. The third kappa shape index (κ3) is 9.12. The molecule has 4 aromatic heterocycles. The largest absolute Gasteiger partial charge is 0.306 e. The zero-order valence-corrected chi connectivity index (χ0v) is 36.5. The number of aryl methyl sites for hydroxylation is 6. The summed E-state index contributed by atoms with van der Waals surface area (Å²) in [6.45, 7) is 9.35. The van der Waals surface area contributed by atoms with Gasteiger partial charge in [-0.2, -0.15) is 10.2 Å². The lowest BCUT2D eigenvalue weighted by molar-refractivity contribution is 0.427. The lowest BCUT2D eigenvalue weighted by Gasteiger charge is -2.22. The average molecular weight is 899 g/mol. The summed E-state index contributed by atoms with van der Waals surface area (Å²) in [5.41, 5.74) is 8.98. The van der Waals surface area contributed by atoms with Crippen molar-refractivity contribution in [2.45, 2.75) is 78.3 Å². The second kappa shape index (κ2) is 18.3. The molecule has 2 aliphatic rings. The highest BCUT2D eigenvalue weighted by Gasteiger charge is 2.29. The first kappa shape index (κ1) is 43.9. The molecule has 4 aromatic carbocycles. The van der Waals surface area contributed by atoms with Gasteiger partial charge >= 0.3 is 0 Å². The summed E-state index contributed by atoms with van der Waals surface area (Å²) in [5.74, 6) is -6.03. The van der Waals surface area contributed by atoms with Crippen LogP contribution in [0.1, 0.15) is 106 Å². The van der Waals surface area contributed by atoms with Crippen LogP contribution in [0.4, 0.5) is 26.3 Å². The summed E-state index contributed by atoms with van der Waals surface area (Å²) < 4.78 is 89.4. The highest BCUT2D eigenvalue weighted by atomic mass is 19.2. The first-order chi connectivity index (χ1) is 31.8. The quantitative estimate of drug-likeness (QED) is 0.111. The van der Waals surface area contributed by atoms with Gasteiger partial charge in [0.05, 0.1) is 24.0 Å². The van der Waals surface area contributed by atoms with E-state index in [4.69, 9.17) is 0 Å². The number of imidazole rings is 2. The molecule has 0 N–H and O–H groups in total. The van der Waals surface area contributed by atoms with E-state index in [-0.39, 0.29) is 11.8 Å². The molecule has 2 aliphatic heterocycles. The Bertz CT molecular complexity index is 2900. The number of halogens is 6. The van der Waals surface area contributed by atoms with Crippen molar-refractivity contribution in [3.8, 4) is 11.4 Å². The molecule has 10 nitrogen and oxygen atoms in total. The van der Waals surface area contributed by atoms with E-state index in [1.807, 2.05) is 97.8 Å². The molecule has 2 atom stereocenters. The second-order valence-electron chi connectivity index (χ2n) is 16.7. The molecule has 66 heavy (non-hydrogen) atoms. The highest BCUT2D eigenvalue weighted by molar-refractivity contribution is 5.69. The Morgan fingerprint density at radius 1 is 0.515 bits per heavy atom. The van der Waals surface area contributed by atoms with Crippen LogP contribution in [0.2, 0.25) is 0 Å². The molecule has 0 radical (unpaired) electrons. The fraction of sp³-hybridized carbons (Fsp3) is 0.240. The first-order valence-electron chi connectivity index (χ1n) is 21.6. The lowest BCUT2D eigenvalue weighted by Crippen LogP contribution is -2.18. The SMILES string of the molecule is Cc1cn(-c2ccc(/C=C/c3nc4n(n3)CCC[C@@H]4c3cc(F)c(F)c(F)c3)cc2C)cn1.Cc1cn(-c2ccc(/C=C/c3nc4n(n3)CCC[C@H]4c3cc(F)c(F)c(F)c3)cc2C)cn1. The minimum atomic E-state index is -1.45. The van der Waals surface area contributed by atoms with Gasteiger partial charge < -0.3 is 9.13 Å². The van der Waals surface area contributed by atoms with Crippen molar-refractivity contribution < 1.29 is 26.3 Å². The fourth-order valence-corrected chi connectivity index (χ4v) is 8.65. The molecule has 8 aromatic rings. The van der Waals surface area contributed by atoms with Gasteiger partial charge in [0.15, 0.2) is 46.6 Å². The summed E-state index contributed by atoms with van der Waals surface area (Å²) in [6.07, 6.45) is 18.0. The monoisotopic (exact) mass is 898 g/mol. The molecule has 6 heterocycles. The summed E-state index contributed by atoms with van der Waals surface area (Å²) in [6, 6.07) is 16.4. The number of aromatic nitrogens is 10. The minimum Gasteiger partial charge on any atom is -0.306 e. The predicted octanol–water partition coefficient (Wildman–Crippen LogP) is 11.2. The number of benzene rings is 4. The van der Waals surface area contributed by atoms with Crippen molar-refractivity contribution in [2.75, 3.05) is 0 Å². The van der Waals surface area contributed by atoms with Crippen molar-refractivity contribution in [2.24, 2.45) is 0 Å². The van der Waals surface area contributed by atoms with Gasteiger partial charge in [-0.15, -0.1) is 0 Å². The van der Waals surface area contributed by atoms with Gasteiger partial charge in [-0.3, -0.25) is 0 Å². The maximum Gasteiger partial charge on any atom is 0.194 e. The van der Waals surface area contributed by atoms with E-state index in [2.05, 4.69) is 42.3 Å². The van der Waals surface area contributed by atoms with Crippen LogP contribution in [0.25, 0.3) is 35.7 Å². The van der Waals surface area contributed by atoms with E-state index in [0.717, 1.165) is 82.1 Å².